The van der Waals surface area contributed by atoms with Crippen molar-refractivity contribution in [1.82, 2.24) is 5.32 Å². The predicted octanol–water partition coefficient (Wildman–Crippen LogP) is 4.05. The number of nitrogen functional groups attached to an aromatic ring is 1. The van der Waals surface area contributed by atoms with E-state index in [4.69, 9.17) is 20.2 Å². The fraction of sp³-hybridized carbons (Fsp3) is 0.600. The SMILES string of the molecule is COC1CCC2CSC(NC(=O)OC(C)(C)C)=NC2(c2cc(N)ccc2F)C1. The molecule has 1 aliphatic carbocycles. The van der Waals surface area contributed by atoms with Crippen molar-refractivity contribution in [2.24, 2.45) is 10.9 Å². The lowest BCUT2D eigenvalue weighted by Crippen LogP contribution is -2.48. The number of ether oxygens (including phenoxy) is 2. The number of thioether (sulfide) groups is 1. The first-order valence-electron chi connectivity index (χ1n) is 9.44. The summed E-state index contributed by atoms with van der Waals surface area (Å²) in [7, 11) is 1.66. The second-order valence-electron chi connectivity index (χ2n) is 8.35. The molecule has 0 radical (unpaired) electrons. The molecule has 3 unspecified atom stereocenters. The first kappa shape index (κ1) is 20.9. The van der Waals surface area contributed by atoms with Crippen molar-refractivity contribution in [3.05, 3.63) is 29.6 Å². The van der Waals surface area contributed by atoms with E-state index >= 15 is 0 Å². The number of halogens is 1. The van der Waals surface area contributed by atoms with E-state index in [2.05, 4.69) is 5.32 Å². The molecule has 6 nitrogen and oxygen atoms in total. The summed E-state index contributed by atoms with van der Waals surface area (Å²) >= 11 is 1.46. The maximum atomic E-state index is 14.9. The van der Waals surface area contributed by atoms with Crippen LogP contribution in [-0.4, -0.2) is 35.8 Å². The number of amidine groups is 1. The Labute approximate surface area is 169 Å². The van der Waals surface area contributed by atoms with Crippen molar-refractivity contribution < 1.29 is 18.7 Å². The van der Waals surface area contributed by atoms with Crippen molar-refractivity contribution in [2.45, 2.75) is 57.3 Å². The van der Waals surface area contributed by atoms with Gasteiger partial charge in [-0.2, -0.15) is 0 Å². The maximum Gasteiger partial charge on any atom is 0.413 e. The van der Waals surface area contributed by atoms with Gasteiger partial charge in [0.1, 0.15) is 11.4 Å². The number of anilines is 1. The highest BCUT2D eigenvalue weighted by Crippen LogP contribution is 2.50. The monoisotopic (exact) mass is 409 g/mol. The molecule has 2 aliphatic rings. The molecule has 3 atom stereocenters. The number of methoxy groups -OCH3 is 1. The normalized spacial score (nSPS) is 27.5. The lowest BCUT2D eigenvalue weighted by Gasteiger charge is -2.46. The summed E-state index contributed by atoms with van der Waals surface area (Å²) in [6.45, 7) is 5.39. The molecule has 1 fully saturated rings. The van der Waals surface area contributed by atoms with E-state index in [0.717, 1.165) is 18.6 Å². The zero-order valence-corrected chi connectivity index (χ0v) is 17.6. The van der Waals surface area contributed by atoms with E-state index in [1.165, 1.54) is 17.8 Å². The summed E-state index contributed by atoms with van der Waals surface area (Å²) in [5.74, 6) is 0.506. The number of fused-ring (bicyclic) bond motifs is 1. The van der Waals surface area contributed by atoms with Crippen LogP contribution in [-0.2, 0) is 15.0 Å². The van der Waals surface area contributed by atoms with E-state index in [9.17, 15) is 9.18 Å². The van der Waals surface area contributed by atoms with Gasteiger partial charge in [0.25, 0.3) is 0 Å². The molecule has 1 saturated carbocycles. The van der Waals surface area contributed by atoms with Crippen LogP contribution < -0.4 is 11.1 Å². The molecule has 3 N–H and O–H groups in total. The third kappa shape index (κ3) is 4.43. The standard InChI is InChI=1S/C20H28FN3O3S/c1-19(2,3)27-18(25)23-17-24-20(15-9-13(22)6-8-16(15)21)10-14(26-4)7-5-12(20)11-28-17/h6,8-9,12,14H,5,7,10-11,22H2,1-4H3,(H,23,24,25). The minimum absolute atomic E-state index is 0.0355. The van der Waals surface area contributed by atoms with Crippen LogP contribution in [0, 0.1) is 11.7 Å². The van der Waals surface area contributed by atoms with Crippen molar-refractivity contribution >= 4 is 28.7 Å². The van der Waals surface area contributed by atoms with Crippen LogP contribution in [0.2, 0.25) is 0 Å². The lowest BCUT2D eigenvalue weighted by atomic mass is 9.68. The molecule has 3 rings (SSSR count). The van der Waals surface area contributed by atoms with Gasteiger partial charge in [0, 0.05) is 30.5 Å². The van der Waals surface area contributed by atoms with Gasteiger partial charge in [-0.1, -0.05) is 11.8 Å². The molecule has 1 aromatic carbocycles. The number of hydrogen-bond acceptors (Lipinski definition) is 6. The highest BCUT2D eigenvalue weighted by atomic mass is 32.2. The topological polar surface area (TPSA) is 85.9 Å². The summed E-state index contributed by atoms with van der Waals surface area (Å²) in [5.41, 5.74) is 5.47. The Kier molecular flexibility index (Phi) is 5.91. The van der Waals surface area contributed by atoms with Crippen molar-refractivity contribution in [3.8, 4) is 0 Å². The average Bonchev–Trinajstić information content (AvgIpc) is 2.61. The van der Waals surface area contributed by atoms with Crippen LogP contribution in [0.25, 0.3) is 0 Å². The Bertz CT molecular complexity index is 780. The number of amides is 1. The fourth-order valence-corrected chi connectivity index (χ4v) is 5.10. The van der Waals surface area contributed by atoms with Crippen LogP contribution in [0.5, 0.6) is 0 Å². The summed E-state index contributed by atoms with van der Waals surface area (Å²) < 4.78 is 25.8. The number of nitrogens with one attached hydrogen (secondary N) is 1. The van der Waals surface area contributed by atoms with Gasteiger partial charge in [-0.05, 0) is 57.7 Å². The number of nitrogens with two attached hydrogens (primary N) is 1. The highest BCUT2D eigenvalue weighted by molar-refractivity contribution is 8.13. The summed E-state index contributed by atoms with van der Waals surface area (Å²) in [6, 6.07) is 4.58. The number of benzene rings is 1. The van der Waals surface area contributed by atoms with Gasteiger partial charge in [0.15, 0.2) is 5.17 Å². The van der Waals surface area contributed by atoms with Crippen LogP contribution in [0.1, 0.15) is 45.6 Å². The van der Waals surface area contributed by atoms with Crippen molar-refractivity contribution in [2.75, 3.05) is 18.6 Å². The highest BCUT2D eigenvalue weighted by Gasteiger charge is 2.49. The fourth-order valence-electron chi connectivity index (χ4n) is 3.91. The number of nitrogens with zero attached hydrogens (tertiary/aromatic N) is 1. The first-order chi connectivity index (χ1) is 13.1. The molecular weight excluding hydrogens is 381 g/mol. The van der Waals surface area contributed by atoms with Crippen LogP contribution in [0.15, 0.2) is 23.2 Å². The molecule has 0 spiro atoms. The summed E-state index contributed by atoms with van der Waals surface area (Å²) in [4.78, 5) is 17.1. The van der Waals surface area contributed by atoms with E-state index in [1.54, 1.807) is 40.0 Å². The average molecular weight is 410 g/mol. The Morgan fingerprint density at radius 3 is 2.82 bits per heavy atom. The third-order valence-electron chi connectivity index (χ3n) is 5.17. The quantitative estimate of drug-likeness (QED) is 0.720. The van der Waals surface area contributed by atoms with Gasteiger partial charge in [-0.3, -0.25) is 10.3 Å². The molecule has 8 heteroatoms. The number of hydrogen-bond donors (Lipinski definition) is 2. The Morgan fingerprint density at radius 2 is 2.14 bits per heavy atom. The van der Waals surface area contributed by atoms with Gasteiger partial charge < -0.3 is 15.2 Å². The van der Waals surface area contributed by atoms with E-state index in [-0.39, 0.29) is 17.8 Å². The van der Waals surface area contributed by atoms with Gasteiger partial charge in [0.05, 0.1) is 11.6 Å². The minimum atomic E-state index is -0.825. The Balaban J connectivity index is 2.00. The van der Waals surface area contributed by atoms with Crippen LogP contribution in [0.3, 0.4) is 0 Å². The minimum Gasteiger partial charge on any atom is -0.444 e. The number of rotatable bonds is 2. The zero-order valence-electron chi connectivity index (χ0n) is 16.8. The summed E-state index contributed by atoms with van der Waals surface area (Å²) in [6.07, 6.45) is 1.70. The lowest BCUT2D eigenvalue weighted by molar-refractivity contribution is 0.0191. The molecule has 0 aromatic heterocycles. The molecule has 28 heavy (non-hydrogen) atoms. The molecule has 1 aliphatic heterocycles. The number of aliphatic imine (C=N–C) groups is 1. The van der Waals surface area contributed by atoms with E-state index in [0.29, 0.717) is 22.8 Å². The first-order valence-corrected chi connectivity index (χ1v) is 10.4. The van der Waals surface area contributed by atoms with Crippen LogP contribution in [0.4, 0.5) is 14.9 Å². The Morgan fingerprint density at radius 1 is 1.39 bits per heavy atom. The van der Waals surface area contributed by atoms with E-state index < -0.39 is 17.2 Å². The second-order valence-corrected chi connectivity index (χ2v) is 9.36. The molecule has 0 bridgehead atoms. The van der Waals surface area contributed by atoms with Gasteiger partial charge in [0.2, 0.25) is 0 Å². The molecule has 1 aromatic rings. The van der Waals surface area contributed by atoms with Gasteiger partial charge in [-0.15, -0.1) is 0 Å². The van der Waals surface area contributed by atoms with Crippen molar-refractivity contribution in [3.63, 3.8) is 0 Å². The molecular formula is C20H28FN3O3S. The molecule has 154 valence electrons. The molecule has 0 saturated heterocycles. The zero-order chi connectivity index (χ0) is 20.5. The number of carbonyl (C=O) groups excluding carboxylic acids is 1. The molecule has 1 heterocycles. The predicted molar refractivity (Wildman–Crippen MR) is 110 cm³/mol. The summed E-state index contributed by atoms with van der Waals surface area (Å²) in [5, 5.41) is 3.16. The second kappa shape index (κ2) is 7.91. The number of carbonyl (C=O) groups is 1. The van der Waals surface area contributed by atoms with Gasteiger partial charge in [-0.25, -0.2) is 9.18 Å². The van der Waals surface area contributed by atoms with E-state index in [1.807, 2.05) is 0 Å². The largest absolute Gasteiger partial charge is 0.444 e. The Hall–Kier alpha value is -1.80. The molecule has 1 amide bonds. The maximum absolute atomic E-state index is 14.9. The van der Waals surface area contributed by atoms with Gasteiger partial charge >= 0.3 is 6.09 Å². The van der Waals surface area contributed by atoms with Crippen molar-refractivity contribution in [1.29, 1.82) is 0 Å². The number of alkyl carbamates (subject to hydrolysis) is 1. The third-order valence-corrected chi connectivity index (χ3v) is 6.21. The van der Waals surface area contributed by atoms with Crippen LogP contribution >= 0.6 is 11.8 Å². The smallest absolute Gasteiger partial charge is 0.413 e.